The van der Waals surface area contributed by atoms with Gasteiger partial charge in [-0.05, 0) is 17.7 Å². The second-order valence-corrected chi connectivity index (χ2v) is 7.81. The first-order valence-corrected chi connectivity index (χ1v) is 10.1. The van der Waals surface area contributed by atoms with Gasteiger partial charge in [-0.25, -0.2) is 0 Å². The largest absolute Gasteiger partial charge is 0.486 e. The summed E-state index contributed by atoms with van der Waals surface area (Å²) in [6, 6.07) is 19.2. The molecular formula is C21H20N4O3S. The molecule has 0 spiro atoms. The number of benzene rings is 2. The zero-order valence-electron chi connectivity index (χ0n) is 15.7. The molecule has 0 bridgehead atoms. The maximum Gasteiger partial charge on any atom is 0.231 e. The number of nitrogens with zero attached hydrogens (tertiary/aromatic N) is 3. The highest BCUT2D eigenvalue weighted by Gasteiger charge is 2.34. The molecule has 4 rings (SSSR count). The van der Waals surface area contributed by atoms with E-state index in [-0.39, 0.29) is 30.8 Å². The van der Waals surface area contributed by atoms with Crippen molar-refractivity contribution in [3.05, 3.63) is 71.2 Å². The molecule has 2 amide bonds. The quantitative estimate of drug-likeness (QED) is 0.649. The Kier molecular flexibility index (Phi) is 5.81. The molecule has 1 aliphatic rings. The van der Waals surface area contributed by atoms with Crippen molar-refractivity contribution in [3.63, 3.8) is 0 Å². The fourth-order valence-corrected chi connectivity index (χ4v) is 3.79. The molecule has 0 saturated carbocycles. The summed E-state index contributed by atoms with van der Waals surface area (Å²) in [7, 11) is 0. The molecule has 0 unspecified atom stereocenters. The molecule has 1 aromatic heterocycles. The van der Waals surface area contributed by atoms with Gasteiger partial charge in [0.1, 0.15) is 12.4 Å². The highest BCUT2D eigenvalue weighted by Crippen LogP contribution is 2.23. The average molecular weight is 408 g/mol. The van der Waals surface area contributed by atoms with Crippen LogP contribution in [0.3, 0.4) is 0 Å². The number of aromatic nitrogens is 2. The van der Waals surface area contributed by atoms with Gasteiger partial charge < -0.3 is 15.0 Å². The molecule has 1 N–H and O–H groups in total. The molecule has 8 heteroatoms. The van der Waals surface area contributed by atoms with Crippen molar-refractivity contribution < 1.29 is 14.3 Å². The zero-order chi connectivity index (χ0) is 20.1. The standard InChI is InChI=1S/C21H20N4O3S/c26-19-11-16(13-25(19)12-15-7-3-1-4-8-15)20(27)22-21-24-23-18(29-21)14-28-17-9-5-2-6-10-17/h1-10,16H,11-14H2,(H,22,24,27)/t16-/m1/s1. The molecule has 1 saturated heterocycles. The normalized spacial score (nSPS) is 16.1. The van der Waals surface area contributed by atoms with Gasteiger partial charge in [-0.15, -0.1) is 10.2 Å². The lowest BCUT2D eigenvalue weighted by molar-refractivity contribution is -0.128. The molecule has 1 fully saturated rings. The minimum Gasteiger partial charge on any atom is -0.486 e. The summed E-state index contributed by atoms with van der Waals surface area (Å²) in [5, 5.41) is 11.9. The molecule has 148 valence electrons. The van der Waals surface area contributed by atoms with E-state index in [0.29, 0.717) is 23.2 Å². The molecular weight excluding hydrogens is 388 g/mol. The third-order valence-electron chi connectivity index (χ3n) is 4.60. The van der Waals surface area contributed by atoms with E-state index in [1.165, 1.54) is 11.3 Å². The third-order valence-corrected chi connectivity index (χ3v) is 5.42. The van der Waals surface area contributed by atoms with Gasteiger partial charge in [0.05, 0.1) is 5.92 Å². The smallest absolute Gasteiger partial charge is 0.231 e. The van der Waals surface area contributed by atoms with Crippen molar-refractivity contribution in [2.75, 3.05) is 11.9 Å². The van der Waals surface area contributed by atoms with Crippen LogP contribution in [-0.2, 0) is 22.7 Å². The minimum absolute atomic E-state index is 0.0109. The van der Waals surface area contributed by atoms with E-state index in [4.69, 9.17) is 4.74 Å². The Labute approximate surface area is 172 Å². The first-order chi connectivity index (χ1) is 14.2. The van der Waals surface area contributed by atoms with Crippen LogP contribution in [-0.4, -0.2) is 33.5 Å². The van der Waals surface area contributed by atoms with Crippen LogP contribution in [0.5, 0.6) is 5.75 Å². The van der Waals surface area contributed by atoms with Crippen LogP contribution in [0.1, 0.15) is 17.0 Å². The van der Waals surface area contributed by atoms with Crippen LogP contribution in [0.15, 0.2) is 60.7 Å². The van der Waals surface area contributed by atoms with Gasteiger partial charge >= 0.3 is 0 Å². The molecule has 2 aromatic carbocycles. The van der Waals surface area contributed by atoms with E-state index in [2.05, 4.69) is 15.5 Å². The number of anilines is 1. The molecule has 2 heterocycles. The number of nitrogens with one attached hydrogen (secondary N) is 1. The first-order valence-electron chi connectivity index (χ1n) is 9.30. The number of amides is 2. The minimum atomic E-state index is -0.390. The number of hydrogen-bond acceptors (Lipinski definition) is 6. The molecule has 0 aliphatic carbocycles. The number of rotatable bonds is 7. The van der Waals surface area contributed by atoms with Gasteiger partial charge in [-0.2, -0.15) is 0 Å². The zero-order valence-corrected chi connectivity index (χ0v) is 16.5. The molecule has 29 heavy (non-hydrogen) atoms. The summed E-state index contributed by atoms with van der Waals surface area (Å²) in [4.78, 5) is 26.6. The molecule has 1 aliphatic heterocycles. The van der Waals surface area contributed by atoms with E-state index in [9.17, 15) is 9.59 Å². The van der Waals surface area contributed by atoms with Crippen LogP contribution in [0.25, 0.3) is 0 Å². The fourth-order valence-electron chi connectivity index (χ4n) is 3.14. The Morgan fingerprint density at radius 1 is 1.10 bits per heavy atom. The maximum atomic E-state index is 12.6. The van der Waals surface area contributed by atoms with E-state index in [0.717, 1.165) is 11.3 Å². The Bertz CT molecular complexity index is 978. The van der Waals surface area contributed by atoms with Crippen molar-refractivity contribution in [1.82, 2.24) is 15.1 Å². The van der Waals surface area contributed by atoms with Crippen LogP contribution in [0.4, 0.5) is 5.13 Å². The lowest BCUT2D eigenvalue weighted by atomic mass is 10.1. The van der Waals surface area contributed by atoms with Crippen molar-refractivity contribution >= 4 is 28.3 Å². The number of carbonyl (C=O) groups is 2. The Balaban J connectivity index is 1.29. The third kappa shape index (κ3) is 4.97. The van der Waals surface area contributed by atoms with Gasteiger partial charge in [0.2, 0.25) is 16.9 Å². The van der Waals surface area contributed by atoms with E-state index >= 15 is 0 Å². The SMILES string of the molecule is O=C(Nc1nnc(COc2ccccc2)s1)[C@@H]1CC(=O)N(Cc2ccccc2)C1. The highest BCUT2D eigenvalue weighted by molar-refractivity contribution is 7.15. The molecule has 0 radical (unpaired) electrons. The van der Waals surface area contributed by atoms with Crippen LogP contribution in [0.2, 0.25) is 0 Å². The predicted octanol–water partition coefficient (Wildman–Crippen LogP) is 3.10. The number of carbonyl (C=O) groups excluding carboxylic acids is 2. The fraction of sp³-hybridized carbons (Fsp3) is 0.238. The summed E-state index contributed by atoms with van der Waals surface area (Å²) < 4.78 is 5.64. The van der Waals surface area contributed by atoms with Crippen molar-refractivity contribution in [1.29, 1.82) is 0 Å². The lowest BCUT2D eigenvalue weighted by Gasteiger charge is -2.16. The van der Waals surface area contributed by atoms with Gasteiger partial charge in [-0.1, -0.05) is 59.9 Å². The summed E-state index contributed by atoms with van der Waals surface area (Å²) in [6.45, 7) is 1.20. The first kappa shape index (κ1) is 19.1. The van der Waals surface area contributed by atoms with Gasteiger partial charge in [-0.3, -0.25) is 9.59 Å². The Hall–Kier alpha value is -3.26. The summed E-state index contributed by atoms with van der Waals surface area (Å²) in [6.07, 6.45) is 0.210. The van der Waals surface area contributed by atoms with Gasteiger partial charge in [0.25, 0.3) is 0 Å². The van der Waals surface area contributed by atoms with E-state index in [1.54, 1.807) is 4.90 Å². The van der Waals surface area contributed by atoms with Crippen LogP contribution in [0, 0.1) is 5.92 Å². The molecule has 7 nitrogen and oxygen atoms in total. The van der Waals surface area contributed by atoms with Gasteiger partial charge in [0, 0.05) is 19.5 Å². The number of para-hydroxylation sites is 1. The average Bonchev–Trinajstić information content (AvgIpc) is 3.34. The number of likely N-dealkylation sites (tertiary alicyclic amines) is 1. The molecule has 1 atom stereocenters. The topological polar surface area (TPSA) is 84.4 Å². The summed E-state index contributed by atoms with van der Waals surface area (Å²) >= 11 is 1.27. The monoisotopic (exact) mass is 408 g/mol. The highest BCUT2D eigenvalue weighted by atomic mass is 32.1. The van der Waals surface area contributed by atoms with Crippen molar-refractivity contribution in [3.8, 4) is 5.75 Å². The van der Waals surface area contributed by atoms with Gasteiger partial charge in [0.15, 0.2) is 5.01 Å². The molecule has 3 aromatic rings. The van der Waals surface area contributed by atoms with Crippen LogP contribution >= 0.6 is 11.3 Å². The van der Waals surface area contributed by atoms with Crippen LogP contribution < -0.4 is 10.1 Å². The summed E-state index contributed by atoms with van der Waals surface area (Å²) in [5.74, 6) is 0.138. The lowest BCUT2D eigenvalue weighted by Crippen LogP contribution is -2.28. The van der Waals surface area contributed by atoms with E-state index < -0.39 is 0 Å². The van der Waals surface area contributed by atoms with Crippen molar-refractivity contribution in [2.24, 2.45) is 5.92 Å². The summed E-state index contributed by atoms with van der Waals surface area (Å²) in [5.41, 5.74) is 1.05. The maximum absolute atomic E-state index is 12.6. The van der Waals surface area contributed by atoms with Crippen molar-refractivity contribution in [2.45, 2.75) is 19.6 Å². The Morgan fingerprint density at radius 2 is 1.83 bits per heavy atom. The predicted molar refractivity (Wildman–Crippen MR) is 109 cm³/mol. The number of hydrogen-bond donors (Lipinski definition) is 1. The Morgan fingerprint density at radius 3 is 2.59 bits per heavy atom. The van der Waals surface area contributed by atoms with E-state index in [1.807, 2.05) is 60.7 Å². The second kappa shape index (κ2) is 8.83. The number of ether oxygens (including phenoxy) is 1. The second-order valence-electron chi connectivity index (χ2n) is 6.75.